The Balaban J connectivity index is 1.80. The number of ether oxygens (including phenoxy) is 4. The summed E-state index contributed by atoms with van der Waals surface area (Å²) in [6, 6.07) is -1.72. The topological polar surface area (TPSA) is 80.7 Å². The summed E-state index contributed by atoms with van der Waals surface area (Å²) in [5.41, 5.74) is 4.89. The van der Waals surface area contributed by atoms with E-state index in [1.54, 1.807) is 28.4 Å². The molecule has 4 atom stereocenters. The molecule has 200 valence electrons. The average Bonchev–Trinajstić information content (AvgIpc) is 2.88. The van der Waals surface area contributed by atoms with Gasteiger partial charge >= 0.3 is 0 Å². The van der Waals surface area contributed by atoms with Crippen LogP contribution in [0, 0.1) is 13.8 Å². The maximum atomic E-state index is 14.1. The zero-order valence-corrected chi connectivity index (χ0v) is 23.6. The summed E-state index contributed by atoms with van der Waals surface area (Å²) in [6.45, 7) is 3.50. The van der Waals surface area contributed by atoms with Gasteiger partial charge in [0.05, 0.1) is 69.3 Å². The Kier molecular flexibility index (Phi) is 6.67. The third-order valence-corrected chi connectivity index (χ3v) is 9.27. The second-order valence-electron chi connectivity index (χ2n) is 9.84. The van der Waals surface area contributed by atoms with Crippen molar-refractivity contribution in [3.63, 3.8) is 0 Å². The predicted molar refractivity (Wildman–Crippen MR) is 141 cm³/mol. The molecule has 3 heterocycles. The van der Waals surface area contributed by atoms with Crippen LogP contribution in [0.3, 0.4) is 0 Å². The van der Waals surface area contributed by atoms with Gasteiger partial charge in [0.15, 0.2) is 11.5 Å². The Morgan fingerprint density at radius 1 is 0.838 bits per heavy atom. The summed E-state index contributed by atoms with van der Waals surface area (Å²) < 4.78 is 23.0. The van der Waals surface area contributed by atoms with Crippen molar-refractivity contribution < 1.29 is 28.8 Å². The fourth-order valence-electron chi connectivity index (χ4n) is 6.85. The first-order valence-electron chi connectivity index (χ1n) is 12.2. The summed E-state index contributed by atoms with van der Waals surface area (Å²) in [4.78, 5) is 18.0. The Labute approximate surface area is 226 Å². The second-order valence-corrected chi connectivity index (χ2v) is 10.6. The molecule has 1 amide bonds. The number of aliphatic hydroxyl groups is 1. The van der Waals surface area contributed by atoms with Crippen LogP contribution in [0.1, 0.15) is 45.5 Å². The third-order valence-electron chi connectivity index (χ3n) is 8.38. The van der Waals surface area contributed by atoms with Gasteiger partial charge in [-0.2, -0.15) is 0 Å². The van der Waals surface area contributed by atoms with E-state index in [4.69, 9.17) is 42.1 Å². The monoisotopic (exact) mass is 550 g/mol. The van der Waals surface area contributed by atoms with Gasteiger partial charge in [0.1, 0.15) is 11.5 Å². The highest BCUT2D eigenvalue weighted by molar-refractivity contribution is 6.33. The van der Waals surface area contributed by atoms with Crippen molar-refractivity contribution >= 4 is 29.1 Å². The first-order valence-corrected chi connectivity index (χ1v) is 12.9. The number of hydrogen-bond acceptors (Lipinski definition) is 7. The summed E-state index contributed by atoms with van der Waals surface area (Å²) >= 11 is 14.0. The normalized spacial score (nSPS) is 24.3. The number of methoxy groups -OCH3 is 4. The zero-order valence-electron chi connectivity index (χ0n) is 22.1. The molecule has 0 aromatic heterocycles. The van der Waals surface area contributed by atoms with Crippen molar-refractivity contribution in [1.82, 2.24) is 9.80 Å². The van der Waals surface area contributed by atoms with Gasteiger partial charge in [0.2, 0.25) is 5.91 Å². The molecular weight excluding hydrogens is 519 g/mol. The van der Waals surface area contributed by atoms with Gasteiger partial charge in [0, 0.05) is 34.2 Å². The summed E-state index contributed by atoms with van der Waals surface area (Å²) in [6.07, 6.45) is 0.881. The van der Waals surface area contributed by atoms with Crippen molar-refractivity contribution in [3.8, 4) is 23.0 Å². The van der Waals surface area contributed by atoms with Gasteiger partial charge in [0.25, 0.3) is 0 Å². The fraction of sp³-hybridized carbons (Fsp3) is 0.519. The van der Waals surface area contributed by atoms with Crippen molar-refractivity contribution in [2.45, 2.75) is 50.9 Å². The quantitative estimate of drug-likeness (QED) is 0.601. The van der Waals surface area contributed by atoms with E-state index >= 15 is 0 Å². The smallest absolute Gasteiger partial charge is 0.241 e. The number of carbonyl (C=O) groups is 1. The summed E-state index contributed by atoms with van der Waals surface area (Å²) in [7, 11) is 8.28. The van der Waals surface area contributed by atoms with Crippen molar-refractivity contribution in [2.75, 3.05) is 42.1 Å². The van der Waals surface area contributed by atoms with E-state index in [0.717, 1.165) is 27.8 Å². The van der Waals surface area contributed by atoms with E-state index in [9.17, 15) is 9.90 Å². The number of fused-ring (bicyclic) bond motifs is 7. The molecule has 2 aromatic carbocycles. The number of benzene rings is 2. The highest BCUT2D eigenvalue weighted by atomic mass is 35.5. The number of nitrogens with zero attached hydrogens (tertiary/aromatic N) is 2. The lowest BCUT2D eigenvalue weighted by molar-refractivity contribution is -0.158. The number of rotatable bonds is 5. The van der Waals surface area contributed by atoms with Crippen LogP contribution in [0.4, 0.5) is 0 Å². The molecule has 1 N–H and O–H groups in total. The molecule has 37 heavy (non-hydrogen) atoms. The first-order chi connectivity index (χ1) is 17.7. The molecule has 5 rings (SSSR count). The number of halogens is 2. The lowest BCUT2D eigenvalue weighted by Crippen LogP contribution is -2.67. The first kappa shape index (κ1) is 26.2. The molecule has 8 nitrogen and oxygen atoms in total. The Morgan fingerprint density at radius 2 is 1.46 bits per heavy atom. The minimum Gasteiger partial charge on any atom is -0.496 e. The number of piperazine rings is 1. The van der Waals surface area contributed by atoms with Crippen molar-refractivity contribution in [3.05, 3.63) is 43.4 Å². The van der Waals surface area contributed by atoms with Crippen molar-refractivity contribution in [1.29, 1.82) is 0 Å². The van der Waals surface area contributed by atoms with Crippen LogP contribution in [0.25, 0.3) is 0 Å². The number of likely N-dealkylation sites (N-methyl/N-ethyl adjacent to an activating group) is 1. The molecule has 0 radical (unpaired) electrons. The van der Waals surface area contributed by atoms with Crippen LogP contribution in [0.15, 0.2) is 0 Å². The lowest BCUT2D eigenvalue weighted by atomic mass is 9.74. The van der Waals surface area contributed by atoms with Gasteiger partial charge in [-0.15, -0.1) is 0 Å². The van der Waals surface area contributed by atoms with Crippen LogP contribution >= 0.6 is 23.2 Å². The summed E-state index contributed by atoms with van der Waals surface area (Å²) in [5.74, 6) is 2.18. The van der Waals surface area contributed by atoms with Crippen LogP contribution in [0.2, 0.25) is 10.0 Å². The van der Waals surface area contributed by atoms with Gasteiger partial charge < -0.3 is 29.0 Å². The molecule has 10 heteroatoms. The number of aliphatic hydroxyl groups excluding tert-OH is 1. The van der Waals surface area contributed by atoms with Crippen LogP contribution in [0.5, 0.6) is 23.0 Å². The van der Waals surface area contributed by atoms with Gasteiger partial charge in [-0.3, -0.25) is 9.69 Å². The SMILES string of the molecule is COc1c(C)c(OC)c2c(c1Cl)[C@@H]1[C@@H]3Cc4c(Cl)c(C)c(OC)c(OC)c4[C@H](CO)N3C(=O)[C@H](C2)N1C. The van der Waals surface area contributed by atoms with Crippen molar-refractivity contribution in [2.24, 2.45) is 0 Å². The predicted octanol–water partition coefficient (Wildman–Crippen LogP) is 4.04. The standard InChI is InChI=1S/C27H32Cl2N2O6/c1-11-20(28)13-8-15-22-19-14(23(34-4)12(2)24(35-5)21(19)29)9-16(30(22)3)27(33)31(15)17(10-32)18(13)26(37-7)25(11)36-6/h15-17,22,32H,8-10H2,1-7H3/t15-,16-,17-,22-/m0/s1. The lowest BCUT2D eigenvalue weighted by Gasteiger charge is -2.57. The molecule has 3 aliphatic heterocycles. The minimum atomic E-state index is -0.656. The largest absolute Gasteiger partial charge is 0.496 e. The highest BCUT2D eigenvalue weighted by Crippen LogP contribution is 2.57. The maximum Gasteiger partial charge on any atom is 0.241 e. The van der Waals surface area contributed by atoms with Gasteiger partial charge in [-0.25, -0.2) is 0 Å². The third kappa shape index (κ3) is 3.38. The van der Waals surface area contributed by atoms with Crippen LogP contribution in [-0.4, -0.2) is 75.0 Å². The van der Waals surface area contributed by atoms with Crippen LogP contribution in [-0.2, 0) is 17.6 Å². The minimum absolute atomic E-state index is 0.0662. The molecule has 0 spiro atoms. The van der Waals surface area contributed by atoms with Crippen LogP contribution < -0.4 is 18.9 Å². The Bertz CT molecular complexity index is 1300. The summed E-state index contributed by atoms with van der Waals surface area (Å²) in [5, 5.41) is 11.8. The maximum absolute atomic E-state index is 14.1. The van der Waals surface area contributed by atoms with Gasteiger partial charge in [-0.05, 0) is 32.9 Å². The zero-order chi connectivity index (χ0) is 26.9. The Morgan fingerprint density at radius 3 is 2.03 bits per heavy atom. The average molecular weight is 551 g/mol. The molecule has 0 aliphatic carbocycles. The van der Waals surface area contributed by atoms with E-state index in [0.29, 0.717) is 51.4 Å². The fourth-order valence-corrected chi connectivity index (χ4v) is 7.55. The van der Waals surface area contributed by atoms with E-state index < -0.39 is 12.1 Å². The van der Waals surface area contributed by atoms with E-state index in [1.807, 2.05) is 25.8 Å². The molecule has 3 aliphatic rings. The molecule has 0 unspecified atom stereocenters. The molecule has 1 saturated heterocycles. The molecule has 0 saturated carbocycles. The highest BCUT2D eigenvalue weighted by Gasteiger charge is 2.56. The number of hydrogen-bond donors (Lipinski definition) is 1. The van der Waals surface area contributed by atoms with Gasteiger partial charge in [-0.1, -0.05) is 23.2 Å². The number of amides is 1. The molecular formula is C27H32Cl2N2O6. The second kappa shape index (κ2) is 9.42. The molecule has 1 fully saturated rings. The number of carbonyl (C=O) groups excluding carboxylic acids is 1. The molecule has 2 aromatic rings. The van der Waals surface area contributed by atoms with E-state index in [2.05, 4.69) is 4.90 Å². The molecule has 2 bridgehead atoms. The van der Waals surface area contributed by atoms with E-state index in [1.165, 1.54) is 0 Å². The van der Waals surface area contributed by atoms with E-state index in [-0.39, 0.29) is 24.6 Å². The Hall–Kier alpha value is -2.39.